The zero-order valence-corrected chi connectivity index (χ0v) is 13.7. The molecular formula is C15H21N3O3S. The number of urea groups is 1. The Labute approximate surface area is 133 Å². The fraction of sp³-hybridized carbons (Fsp3) is 0.467. The van der Waals surface area contributed by atoms with Crippen LogP contribution < -0.4 is 10.6 Å². The van der Waals surface area contributed by atoms with Crippen molar-refractivity contribution in [3.63, 3.8) is 0 Å². The third-order valence-electron chi connectivity index (χ3n) is 2.81. The predicted molar refractivity (Wildman–Crippen MR) is 86.0 cm³/mol. The summed E-state index contributed by atoms with van der Waals surface area (Å²) in [5.41, 5.74) is 1.12. The van der Waals surface area contributed by atoms with Gasteiger partial charge in [-0.05, 0) is 24.0 Å². The van der Waals surface area contributed by atoms with Crippen molar-refractivity contribution in [2.75, 3.05) is 11.9 Å². The van der Waals surface area contributed by atoms with Crippen LogP contribution in [0.5, 0.6) is 0 Å². The molecule has 0 aliphatic carbocycles. The normalized spacial score (nSPS) is 12.9. The quantitative estimate of drug-likeness (QED) is 0.788. The summed E-state index contributed by atoms with van der Waals surface area (Å²) in [4.78, 5) is 16.2. The summed E-state index contributed by atoms with van der Waals surface area (Å²) in [7, 11) is 0. The molecule has 0 aliphatic rings. The summed E-state index contributed by atoms with van der Waals surface area (Å²) in [6.45, 7) is 6.49. The van der Waals surface area contributed by atoms with Crippen LogP contribution in [0.3, 0.4) is 0 Å². The number of nitrogens with one attached hydrogen (secondary N) is 2. The molecule has 1 atom stereocenters. The number of furan rings is 1. The van der Waals surface area contributed by atoms with Crippen molar-refractivity contribution < 1.29 is 14.3 Å². The molecule has 0 radical (unpaired) electrons. The second-order valence-electron chi connectivity index (χ2n) is 6.25. The lowest BCUT2D eigenvalue weighted by atomic mass is 9.91. The molecule has 2 amide bonds. The Balaban J connectivity index is 1.80. The summed E-state index contributed by atoms with van der Waals surface area (Å²) >= 11 is 1.39. The van der Waals surface area contributed by atoms with Crippen molar-refractivity contribution in [1.82, 2.24) is 10.3 Å². The Kier molecular flexibility index (Phi) is 5.20. The van der Waals surface area contributed by atoms with Crippen LogP contribution in [0.15, 0.2) is 28.2 Å². The van der Waals surface area contributed by atoms with Crippen molar-refractivity contribution in [2.45, 2.75) is 33.3 Å². The number of hydrogen-bond acceptors (Lipinski definition) is 5. The molecule has 0 fully saturated rings. The molecule has 0 aliphatic heterocycles. The molecular weight excluding hydrogens is 302 g/mol. The Hall–Kier alpha value is -1.86. The van der Waals surface area contributed by atoms with Crippen LogP contribution in [0.4, 0.5) is 9.93 Å². The monoisotopic (exact) mass is 323 g/mol. The maximum absolute atomic E-state index is 11.8. The smallest absolute Gasteiger partial charge is 0.321 e. The number of anilines is 1. The van der Waals surface area contributed by atoms with Gasteiger partial charge in [-0.3, -0.25) is 5.32 Å². The minimum atomic E-state index is -0.867. The maximum atomic E-state index is 11.8. The first kappa shape index (κ1) is 16.5. The first-order valence-corrected chi connectivity index (χ1v) is 7.92. The zero-order valence-electron chi connectivity index (χ0n) is 12.9. The summed E-state index contributed by atoms with van der Waals surface area (Å²) in [6, 6.07) is 2.94. The van der Waals surface area contributed by atoms with Crippen LogP contribution >= 0.6 is 11.3 Å². The van der Waals surface area contributed by atoms with Crippen molar-refractivity contribution in [2.24, 2.45) is 5.41 Å². The molecule has 6 nitrogen and oxygen atoms in total. The van der Waals surface area contributed by atoms with Gasteiger partial charge in [-0.25, -0.2) is 9.78 Å². The van der Waals surface area contributed by atoms with Gasteiger partial charge in [-0.1, -0.05) is 20.8 Å². The summed E-state index contributed by atoms with van der Waals surface area (Å²) < 4.78 is 5.06. The van der Waals surface area contributed by atoms with E-state index >= 15 is 0 Å². The van der Waals surface area contributed by atoms with E-state index in [0.29, 0.717) is 10.9 Å². The molecule has 2 aromatic heterocycles. The van der Waals surface area contributed by atoms with Crippen LogP contribution in [0.1, 0.15) is 38.3 Å². The number of carbonyl (C=O) groups excluding carboxylic acids is 1. The summed E-state index contributed by atoms with van der Waals surface area (Å²) in [6.07, 6.45) is 1.46. The Morgan fingerprint density at radius 3 is 2.91 bits per heavy atom. The summed E-state index contributed by atoms with van der Waals surface area (Å²) in [5, 5.41) is 17.5. The number of aliphatic hydroxyl groups is 1. The highest BCUT2D eigenvalue weighted by Crippen LogP contribution is 2.23. The lowest BCUT2D eigenvalue weighted by Crippen LogP contribution is -2.32. The van der Waals surface area contributed by atoms with E-state index in [2.05, 4.69) is 36.4 Å². The van der Waals surface area contributed by atoms with Gasteiger partial charge in [0.15, 0.2) is 5.13 Å². The lowest BCUT2D eigenvalue weighted by molar-refractivity contribution is 0.149. The molecule has 0 saturated carbocycles. The third-order valence-corrected chi connectivity index (χ3v) is 3.62. The standard InChI is InChI=1S/C15H21N3O3S/c1-15(2,3)7-10-9-22-14(17-10)18-13(20)16-8-11(19)12-5-4-6-21-12/h4-6,9,11,19H,7-8H2,1-3H3,(H2,16,17,18,20). The van der Waals surface area contributed by atoms with Gasteiger partial charge in [0.05, 0.1) is 18.5 Å². The number of aliphatic hydroxyl groups excluding tert-OH is 1. The molecule has 2 heterocycles. The van der Waals surface area contributed by atoms with Crippen molar-refractivity contribution >= 4 is 22.5 Å². The second kappa shape index (κ2) is 6.93. The van der Waals surface area contributed by atoms with Crippen LogP contribution in [-0.2, 0) is 6.42 Å². The highest BCUT2D eigenvalue weighted by molar-refractivity contribution is 7.13. The van der Waals surface area contributed by atoms with Crippen molar-refractivity contribution in [1.29, 1.82) is 0 Å². The Morgan fingerprint density at radius 2 is 2.27 bits per heavy atom. The number of carbonyl (C=O) groups is 1. The number of hydrogen-bond donors (Lipinski definition) is 3. The highest BCUT2D eigenvalue weighted by atomic mass is 32.1. The van der Waals surface area contributed by atoms with Crippen molar-refractivity contribution in [3.8, 4) is 0 Å². The molecule has 0 saturated heterocycles. The van der Waals surface area contributed by atoms with Gasteiger partial charge in [-0.2, -0.15) is 0 Å². The zero-order chi connectivity index (χ0) is 16.2. The van der Waals surface area contributed by atoms with Gasteiger partial charge in [-0.15, -0.1) is 11.3 Å². The number of thiazole rings is 1. The molecule has 2 aromatic rings. The number of nitrogens with zero attached hydrogens (tertiary/aromatic N) is 1. The minimum absolute atomic E-state index is 0.0690. The van der Waals surface area contributed by atoms with Gasteiger partial charge < -0.3 is 14.8 Å². The molecule has 0 aromatic carbocycles. The van der Waals surface area contributed by atoms with Crippen LogP contribution in [0.25, 0.3) is 0 Å². The van der Waals surface area contributed by atoms with Crippen LogP contribution in [0, 0.1) is 5.41 Å². The SMILES string of the molecule is CC(C)(C)Cc1csc(NC(=O)NCC(O)c2ccco2)n1. The molecule has 0 spiro atoms. The molecule has 2 rings (SSSR count). The molecule has 7 heteroatoms. The first-order chi connectivity index (χ1) is 10.3. The van der Waals surface area contributed by atoms with E-state index in [1.165, 1.54) is 17.6 Å². The third kappa shape index (κ3) is 5.16. The first-order valence-electron chi connectivity index (χ1n) is 7.04. The average molecular weight is 323 g/mol. The fourth-order valence-corrected chi connectivity index (χ4v) is 2.61. The topological polar surface area (TPSA) is 87.4 Å². The van der Waals surface area contributed by atoms with E-state index in [-0.39, 0.29) is 12.0 Å². The molecule has 22 heavy (non-hydrogen) atoms. The van der Waals surface area contributed by atoms with E-state index in [0.717, 1.165) is 12.1 Å². The molecule has 1 unspecified atom stereocenters. The van der Waals surface area contributed by atoms with Crippen molar-refractivity contribution in [3.05, 3.63) is 35.2 Å². The largest absolute Gasteiger partial charge is 0.467 e. The predicted octanol–water partition coefficient (Wildman–Crippen LogP) is 3.18. The van der Waals surface area contributed by atoms with E-state index in [1.807, 2.05) is 5.38 Å². The number of aromatic nitrogens is 1. The fourth-order valence-electron chi connectivity index (χ4n) is 1.90. The van der Waals surface area contributed by atoms with Crippen LogP contribution in [0.2, 0.25) is 0 Å². The lowest BCUT2D eigenvalue weighted by Gasteiger charge is -2.15. The van der Waals surface area contributed by atoms with Gasteiger partial charge >= 0.3 is 6.03 Å². The van der Waals surface area contributed by atoms with Gasteiger partial charge in [0.25, 0.3) is 0 Å². The minimum Gasteiger partial charge on any atom is -0.467 e. The Bertz CT molecular complexity index is 602. The van der Waals surface area contributed by atoms with E-state index in [1.54, 1.807) is 12.1 Å². The second-order valence-corrected chi connectivity index (χ2v) is 7.11. The molecule has 3 N–H and O–H groups in total. The summed E-state index contributed by atoms with van der Waals surface area (Å²) in [5.74, 6) is 0.419. The van der Waals surface area contributed by atoms with Gasteiger partial charge in [0.1, 0.15) is 11.9 Å². The van der Waals surface area contributed by atoms with Crippen LogP contribution in [-0.4, -0.2) is 22.7 Å². The highest BCUT2D eigenvalue weighted by Gasteiger charge is 2.15. The average Bonchev–Trinajstić information content (AvgIpc) is 3.06. The number of amides is 2. The molecule has 120 valence electrons. The van der Waals surface area contributed by atoms with Gasteiger partial charge in [0, 0.05) is 5.38 Å². The number of rotatable bonds is 5. The van der Waals surface area contributed by atoms with Gasteiger partial charge in [0.2, 0.25) is 0 Å². The Morgan fingerprint density at radius 1 is 1.50 bits per heavy atom. The van der Waals surface area contributed by atoms with E-state index < -0.39 is 12.1 Å². The maximum Gasteiger partial charge on any atom is 0.321 e. The van der Waals surface area contributed by atoms with E-state index in [9.17, 15) is 9.90 Å². The van der Waals surface area contributed by atoms with E-state index in [4.69, 9.17) is 4.42 Å². The molecule has 0 bridgehead atoms.